The number of likely N-dealkylation sites (tertiary alicyclic amines) is 1. The van der Waals surface area contributed by atoms with Gasteiger partial charge in [0.25, 0.3) is 0 Å². The van der Waals surface area contributed by atoms with Crippen LogP contribution in [-0.2, 0) is 6.54 Å². The highest BCUT2D eigenvalue weighted by Gasteiger charge is 2.25. The Labute approximate surface area is 103 Å². The minimum absolute atomic E-state index is 0.689. The van der Waals surface area contributed by atoms with E-state index in [0.29, 0.717) is 6.04 Å². The fourth-order valence-corrected chi connectivity index (χ4v) is 2.61. The van der Waals surface area contributed by atoms with Crippen LogP contribution in [0.3, 0.4) is 0 Å². The third-order valence-corrected chi connectivity index (χ3v) is 3.98. The topological polar surface area (TPSA) is 33.1 Å². The van der Waals surface area contributed by atoms with Gasteiger partial charge in [0.2, 0.25) is 0 Å². The van der Waals surface area contributed by atoms with E-state index in [0.717, 1.165) is 12.6 Å². The molecule has 0 aromatic carbocycles. The number of hydrogen-bond donors (Lipinski definition) is 1. The first-order chi connectivity index (χ1) is 8.33. The second kappa shape index (κ2) is 4.78. The molecule has 1 aliphatic carbocycles. The molecule has 4 nitrogen and oxygen atoms in total. The van der Waals surface area contributed by atoms with Gasteiger partial charge in [0.15, 0.2) is 0 Å². The Balaban J connectivity index is 1.51. The van der Waals surface area contributed by atoms with Crippen molar-refractivity contribution >= 4 is 0 Å². The lowest BCUT2D eigenvalue weighted by molar-refractivity contribution is 0.233. The Bertz CT molecular complexity index is 361. The maximum absolute atomic E-state index is 4.27. The van der Waals surface area contributed by atoms with Crippen LogP contribution < -0.4 is 5.32 Å². The molecule has 0 amide bonds. The first kappa shape index (κ1) is 11.2. The maximum Gasteiger partial charge on any atom is 0.0951 e. The highest BCUT2D eigenvalue weighted by Crippen LogP contribution is 2.35. The van der Waals surface area contributed by atoms with Crippen molar-refractivity contribution < 1.29 is 0 Å². The van der Waals surface area contributed by atoms with Crippen molar-refractivity contribution in [2.75, 3.05) is 20.1 Å². The molecule has 4 heteroatoms. The van der Waals surface area contributed by atoms with Gasteiger partial charge in [-0.15, -0.1) is 0 Å². The van der Waals surface area contributed by atoms with Crippen molar-refractivity contribution in [2.24, 2.45) is 0 Å². The van der Waals surface area contributed by atoms with Crippen molar-refractivity contribution in [3.8, 4) is 0 Å². The van der Waals surface area contributed by atoms with Gasteiger partial charge >= 0.3 is 0 Å². The molecule has 1 aromatic rings. The van der Waals surface area contributed by atoms with Gasteiger partial charge < -0.3 is 14.8 Å². The molecular formula is C13H22N4. The fraction of sp³-hybridized carbons (Fsp3) is 0.769. The van der Waals surface area contributed by atoms with E-state index in [-0.39, 0.29) is 0 Å². The van der Waals surface area contributed by atoms with Crippen LogP contribution in [0.5, 0.6) is 0 Å². The van der Waals surface area contributed by atoms with Crippen LogP contribution in [0.1, 0.15) is 37.4 Å². The summed E-state index contributed by atoms with van der Waals surface area (Å²) >= 11 is 0. The van der Waals surface area contributed by atoms with Gasteiger partial charge in [0, 0.05) is 24.8 Å². The number of aromatic nitrogens is 2. The highest BCUT2D eigenvalue weighted by molar-refractivity contribution is 5.03. The van der Waals surface area contributed by atoms with Gasteiger partial charge in [-0.1, -0.05) is 0 Å². The van der Waals surface area contributed by atoms with E-state index >= 15 is 0 Å². The SMILES string of the molecule is CN1CCC(NCc2cncn2C2CC2)CC1. The van der Waals surface area contributed by atoms with Gasteiger partial charge in [0.1, 0.15) is 0 Å². The number of piperidine rings is 1. The van der Waals surface area contributed by atoms with Crippen molar-refractivity contribution in [3.63, 3.8) is 0 Å². The molecule has 17 heavy (non-hydrogen) atoms. The molecule has 0 atom stereocenters. The largest absolute Gasteiger partial charge is 0.330 e. The number of nitrogens with zero attached hydrogens (tertiary/aromatic N) is 3. The molecule has 1 saturated carbocycles. The Morgan fingerprint density at radius 2 is 2.06 bits per heavy atom. The molecule has 2 heterocycles. The van der Waals surface area contributed by atoms with Crippen LogP contribution >= 0.6 is 0 Å². The third kappa shape index (κ3) is 2.69. The average molecular weight is 234 g/mol. The van der Waals surface area contributed by atoms with E-state index in [1.807, 2.05) is 12.5 Å². The summed E-state index contributed by atoms with van der Waals surface area (Å²) in [4.78, 5) is 6.68. The Morgan fingerprint density at radius 1 is 1.29 bits per heavy atom. The first-order valence-corrected chi connectivity index (χ1v) is 6.75. The lowest BCUT2D eigenvalue weighted by atomic mass is 10.1. The van der Waals surface area contributed by atoms with Crippen LogP contribution in [0.4, 0.5) is 0 Å². The summed E-state index contributed by atoms with van der Waals surface area (Å²) in [6, 6.07) is 1.43. The molecule has 1 saturated heterocycles. The van der Waals surface area contributed by atoms with Gasteiger partial charge in [0.05, 0.1) is 12.0 Å². The molecule has 1 aliphatic heterocycles. The number of imidazole rings is 1. The van der Waals surface area contributed by atoms with E-state index in [9.17, 15) is 0 Å². The maximum atomic E-state index is 4.27. The van der Waals surface area contributed by atoms with Gasteiger partial charge in [-0.05, 0) is 45.8 Å². The molecular weight excluding hydrogens is 212 g/mol. The average Bonchev–Trinajstić information content (AvgIpc) is 3.08. The van der Waals surface area contributed by atoms with E-state index < -0.39 is 0 Å². The lowest BCUT2D eigenvalue weighted by Crippen LogP contribution is -2.40. The quantitative estimate of drug-likeness (QED) is 0.855. The zero-order valence-corrected chi connectivity index (χ0v) is 10.6. The standard InChI is InChI=1S/C13H22N4/c1-16-6-4-11(5-7-16)15-9-13-8-14-10-17(13)12-2-3-12/h8,10-12,15H,2-7,9H2,1H3. The van der Waals surface area contributed by atoms with Gasteiger partial charge in [-0.2, -0.15) is 0 Å². The van der Waals surface area contributed by atoms with Crippen molar-refractivity contribution in [1.29, 1.82) is 0 Å². The Morgan fingerprint density at radius 3 is 2.76 bits per heavy atom. The summed E-state index contributed by atoms with van der Waals surface area (Å²) in [5.74, 6) is 0. The molecule has 2 aliphatic rings. The summed E-state index contributed by atoms with van der Waals surface area (Å²) < 4.78 is 2.35. The summed E-state index contributed by atoms with van der Waals surface area (Å²) in [7, 11) is 2.21. The molecule has 94 valence electrons. The summed E-state index contributed by atoms with van der Waals surface area (Å²) in [6.45, 7) is 3.42. The number of hydrogen-bond acceptors (Lipinski definition) is 3. The third-order valence-electron chi connectivity index (χ3n) is 3.98. The summed E-state index contributed by atoms with van der Waals surface area (Å²) in [6.07, 6.45) is 9.21. The smallest absolute Gasteiger partial charge is 0.0951 e. The molecule has 3 rings (SSSR count). The van der Waals surface area contributed by atoms with E-state index in [1.54, 1.807) is 0 Å². The first-order valence-electron chi connectivity index (χ1n) is 6.75. The minimum atomic E-state index is 0.689. The van der Waals surface area contributed by atoms with E-state index in [1.165, 1.54) is 44.5 Å². The van der Waals surface area contributed by atoms with E-state index in [4.69, 9.17) is 0 Å². The minimum Gasteiger partial charge on any atom is -0.330 e. The second-order valence-corrected chi connectivity index (χ2v) is 5.48. The highest BCUT2D eigenvalue weighted by atomic mass is 15.1. The molecule has 1 N–H and O–H groups in total. The molecule has 0 radical (unpaired) electrons. The lowest BCUT2D eigenvalue weighted by Gasteiger charge is -2.29. The number of nitrogens with one attached hydrogen (secondary N) is 1. The predicted octanol–water partition coefficient (Wildman–Crippen LogP) is 1.40. The van der Waals surface area contributed by atoms with Crippen molar-refractivity contribution in [1.82, 2.24) is 19.8 Å². The van der Waals surface area contributed by atoms with Crippen LogP contribution in [0, 0.1) is 0 Å². The zero-order chi connectivity index (χ0) is 11.7. The second-order valence-electron chi connectivity index (χ2n) is 5.48. The normalized spacial score (nSPS) is 23.1. The van der Waals surface area contributed by atoms with Crippen LogP contribution in [-0.4, -0.2) is 40.6 Å². The predicted molar refractivity (Wildman–Crippen MR) is 67.9 cm³/mol. The number of rotatable bonds is 4. The van der Waals surface area contributed by atoms with Gasteiger partial charge in [-0.25, -0.2) is 4.98 Å². The van der Waals surface area contributed by atoms with Crippen LogP contribution in [0.15, 0.2) is 12.5 Å². The summed E-state index contributed by atoms with van der Waals surface area (Å²) in [5, 5.41) is 3.68. The molecule has 0 spiro atoms. The molecule has 2 fully saturated rings. The fourth-order valence-electron chi connectivity index (χ4n) is 2.61. The van der Waals surface area contributed by atoms with Gasteiger partial charge in [-0.3, -0.25) is 0 Å². The Hall–Kier alpha value is -0.870. The zero-order valence-electron chi connectivity index (χ0n) is 10.6. The van der Waals surface area contributed by atoms with Crippen molar-refractivity contribution in [2.45, 2.75) is 44.3 Å². The van der Waals surface area contributed by atoms with Crippen LogP contribution in [0.25, 0.3) is 0 Å². The monoisotopic (exact) mass is 234 g/mol. The molecule has 0 bridgehead atoms. The van der Waals surface area contributed by atoms with Crippen LogP contribution in [0.2, 0.25) is 0 Å². The molecule has 1 aromatic heterocycles. The Kier molecular flexibility index (Phi) is 3.16. The van der Waals surface area contributed by atoms with Crippen molar-refractivity contribution in [3.05, 3.63) is 18.2 Å². The van der Waals surface area contributed by atoms with E-state index in [2.05, 4.69) is 26.8 Å². The summed E-state index contributed by atoms with van der Waals surface area (Å²) in [5.41, 5.74) is 1.35. The molecule has 0 unspecified atom stereocenters.